The molecule has 62 heavy (non-hydrogen) atoms. The van der Waals surface area contributed by atoms with Gasteiger partial charge in [-0.25, -0.2) is 29.9 Å². The summed E-state index contributed by atoms with van der Waals surface area (Å²) >= 11 is 0. The van der Waals surface area contributed by atoms with Crippen molar-refractivity contribution in [1.82, 2.24) is 34.9 Å². The summed E-state index contributed by atoms with van der Waals surface area (Å²) in [6, 6.07) is 66.7. The highest BCUT2D eigenvalue weighted by Gasteiger charge is 2.15. The van der Waals surface area contributed by atoms with Crippen molar-refractivity contribution in [1.29, 1.82) is 0 Å². The Morgan fingerprint density at radius 3 is 1.31 bits per heavy atom. The van der Waals surface area contributed by atoms with Crippen molar-refractivity contribution in [2.75, 3.05) is 0 Å². The SMILES string of the molecule is c1ccc(-c2nc(-c3ccccc3)nc(-c3ccc4cc(-c5ccc6nc(-c7ccc8cc(-c9ccc%10ccc%11cccnc%11c%10n9)ccc8c7)ccc6c5)ccc4n3)n2)cc1. The maximum Gasteiger partial charge on any atom is 0.182 e. The van der Waals surface area contributed by atoms with Crippen LogP contribution in [0.15, 0.2) is 200 Å². The summed E-state index contributed by atoms with van der Waals surface area (Å²) in [6.45, 7) is 0. The van der Waals surface area contributed by atoms with Crippen LogP contribution in [0.4, 0.5) is 0 Å². The van der Waals surface area contributed by atoms with Crippen molar-refractivity contribution in [3.63, 3.8) is 0 Å². The van der Waals surface area contributed by atoms with Crippen molar-refractivity contribution in [3.8, 4) is 67.9 Å². The van der Waals surface area contributed by atoms with E-state index < -0.39 is 0 Å². The van der Waals surface area contributed by atoms with Crippen molar-refractivity contribution >= 4 is 54.4 Å². The molecule has 0 unspecified atom stereocenters. The molecule has 5 aromatic heterocycles. The molecule has 7 aromatic carbocycles. The van der Waals surface area contributed by atoms with Crippen LogP contribution in [0.1, 0.15) is 0 Å². The highest BCUT2D eigenvalue weighted by atomic mass is 15.0. The number of fused-ring (bicyclic) bond motifs is 6. The summed E-state index contributed by atoms with van der Waals surface area (Å²) in [5.41, 5.74) is 12.4. The summed E-state index contributed by atoms with van der Waals surface area (Å²) < 4.78 is 0. The molecule has 7 nitrogen and oxygen atoms in total. The third-order valence-corrected chi connectivity index (χ3v) is 11.5. The van der Waals surface area contributed by atoms with Crippen molar-refractivity contribution < 1.29 is 0 Å². The summed E-state index contributed by atoms with van der Waals surface area (Å²) in [5, 5.41) is 6.58. The summed E-state index contributed by atoms with van der Waals surface area (Å²) in [7, 11) is 0. The zero-order valence-electron chi connectivity index (χ0n) is 33.2. The lowest BCUT2D eigenvalue weighted by Gasteiger charge is -2.10. The number of hydrogen-bond acceptors (Lipinski definition) is 7. The molecule has 0 amide bonds. The fourth-order valence-corrected chi connectivity index (χ4v) is 8.27. The predicted octanol–water partition coefficient (Wildman–Crippen LogP) is 13.2. The highest BCUT2D eigenvalue weighted by Crippen LogP contribution is 2.33. The van der Waals surface area contributed by atoms with Gasteiger partial charge in [-0.1, -0.05) is 133 Å². The van der Waals surface area contributed by atoms with Gasteiger partial charge in [0.15, 0.2) is 17.5 Å². The van der Waals surface area contributed by atoms with Crippen LogP contribution in [0.2, 0.25) is 0 Å². The van der Waals surface area contributed by atoms with E-state index >= 15 is 0 Å². The van der Waals surface area contributed by atoms with Gasteiger partial charge in [-0.15, -0.1) is 0 Å². The zero-order chi connectivity index (χ0) is 41.0. The van der Waals surface area contributed by atoms with E-state index in [1.807, 2.05) is 79.0 Å². The van der Waals surface area contributed by atoms with Crippen LogP contribution < -0.4 is 0 Å². The molecule has 0 saturated carbocycles. The third-order valence-electron chi connectivity index (χ3n) is 11.5. The number of aromatic nitrogens is 7. The summed E-state index contributed by atoms with van der Waals surface area (Å²) in [4.78, 5) is 34.4. The Kier molecular flexibility index (Phi) is 8.35. The molecule has 0 radical (unpaired) electrons. The predicted molar refractivity (Wildman–Crippen MR) is 251 cm³/mol. The molecule has 288 valence electrons. The molecule has 12 rings (SSSR count). The van der Waals surface area contributed by atoms with Gasteiger partial charge in [-0.2, -0.15) is 0 Å². The fraction of sp³-hybridized carbons (Fsp3) is 0. The highest BCUT2D eigenvalue weighted by molar-refractivity contribution is 6.03. The van der Waals surface area contributed by atoms with Gasteiger partial charge in [0, 0.05) is 50.0 Å². The second-order valence-electron chi connectivity index (χ2n) is 15.4. The van der Waals surface area contributed by atoms with Crippen LogP contribution in [0.25, 0.3) is 122 Å². The molecule has 0 bridgehead atoms. The second-order valence-corrected chi connectivity index (χ2v) is 15.4. The van der Waals surface area contributed by atoms with Crippen LogP contribution in [0.5, 0.6) is 0 Å². The van der Waals surface area contributed by atoms with E-state index in [1.165, 1.54) is 0 Å². The Balaban J connectivity index is 0.816. The van der Waals surface area contributed by atoms with Gasteiger partial charge in [0.1, 0.15) is 5.69 Å². The third kappa shape index (κ3) is 6.45. The lowest BCUT2D eigenvalue weighted by molar-refractivity contribution is 1.06. The molecule has 0 aliphatic carbocycles. The van der Waals surface area contributed by atoms with E-state index in [2.05, 4.69) is 126 Å². The van der Waals surface area contributed by atoms with E-state index in [-0.39, 0.29) is 0 Å². The first-order valence-electron chi connectivity index (χ1n) is 20.5. The number of pyridine rings is 4. The molecule has 5 heterocycles. The minimum Gasteiger partial charge on any atom is -0.254 e. The number of benzene rings is 7. The van der Waals surface area contributed by atoms with E-state index in [0.717, 1.165) is 99.2 Å². The van der Waals surface area contributed by atoms with Crippen LogP contribution >= 0.6 is 0 Å². The smallest absolute Gasteiger partial charge is 0.182 e. The Bertz CT molecular complexity index is 3640. The topological polar surface area (TPSA) is 90.2 Å². The van der Waals surface area contributed by atoms with Gasteiger partial charge < -0.3 is 0 Å². The number of nitrogens with zero attached hydrogens (tertiary/aromatic N) is 7. The molecule has 12 aromatic rings. The quantitative estimate of drug-likeness (QED) is 0.155. The van der Waals surface area contributed by atoms with Gasteiger partial charge in [-0.3, -0.25) is 4.98 Å². The first kappa shape index (κ1) is 35.4. The molecule has 0 N–H and O–H groups in total. The minimum absolute atomic E-state index is 0.532. The molecule has 7 heteroatoms. The standard InChI is InChI=1S/C55H33N7/c1-3-8-36(9-4-1)53-60-54(37-10-5-2-6-11-37)62-55(61-53)50-28-23-45-33-41(21-26-48(45)58-50)40-20-25-46-44(32-40)22-27-47(57-46)42-17-15-39-31-43(18-16-38(39)30-42)49-24-19-35-14-13-34-12-7-29-56-51(34)52(35)59-49/h1-33H. The van der Waals surface area contributed by atoms with Crippen molar-refractivity contribution in [2.24, 2.45) is 0 Å². The van der Waals surface area contributed by atoms with Crippen molar-refractivity contribution in [2.45, 2.75) is 0 Å². The van der Waals surface area contributed by atoms with Crippen molar-refractivity contribution in [3.05, 3.63) is 200 Å². The molecule has 0 saturated heterocycles. The monoisotopic (exact) mass is 791 g/mol. The normalized spacial score (nSPS) is 11.5. The zero-order valence-corrected chi connectivity index (χ0v) is 33.2. The molecular formula is C55H33N7. The Hall–Kier alpha value is -8.55. The van der Waals surface area contributed by atoms with Crippen LogP contribution in [-0.4, -0.2) is 34.9 Å². The number of rotatable bonds is 6. The lowest BCUT2D eigenvalue weighted by atomic mass is 9.99. The first-order chi connectivity index (χ1) is 30.6. The lowest BCUT2D eigenvalue weighted by Crippen LogP contribution is -2.01. The van der Waals surface area contributed by atoms with E-state index in [4.69, 9.17) is 29.9 Å². The van der Waals surface area contributed by atoms with Gasteiger partial charge in [-0.05, 0) is 82.6 Å². The molecular weight excluding hydrogens is 759 g/mol. The molecule has 0 spiro atoms. The van der Waals surface area contributed by atoms with E-state index in [0.29, 0.717) is 23.2 Å². The second kappa shape index (κ2) is 14.6. The Morgan fingerprint density at radius 1 is 0.242 bits per heavy atom. The van der Waals surface area contributed by atoms with Crippen LogP contribution in [-0.2, 0) is 0 Å². The molecule has 0 aliphatic rings. The Morgan fingerprint density at radius 2 is 0.694 bits per heavy atom. The summed E-state index contributed by atoms with van der Waals surface area (Å²) in [6.07, 6.45) is 1.83. The van der Waals surface area contributed by atoms with Gasteiger partial charge in [0.2, 0.25) is 0 Å². The molecule has 0 atom stereocenters. The Labute approximate surface area is 356 Å². The molecule has 0 fully saturated rings. The first-order valence-corrected chi connectivity index (χ1v) is 20.5. The largest absolute Gasteiger partial charge is 0.254 e. The average Bonchev–Trinajstić information content (AvgIpc) is 3.35. The number of hydrogen-bond donors (Lipinski definition) is 0. The van der Waals surface area contributed by atoms with Crippen LogP contribution in [0, 0.1) is 0 Å². The fourth-order valence-electron chi connectivity index (χ4n) is 8.27. The van der Waals surface area contributed by atoms with E-state index in [9.17, 15) is 0 Å². The molecule has 0 aliphatic heterocycles. The van der Waals surface area contributed by atoms with Crippen LogP contribution in [0.3, 0.4) is 0 Å². The summed E-state index contributed by atoms with van der Waals surface area (Å²) in [5.74, 6) is 1.75. The van der Waals surface area contributed by atoms with Gasteiger partial charge >= 0.3 is 0 Å². The van der Waals surface area contributed by atoms with E-state index in [1.54, 1.807) is 0 Å². The van der Waals surface area contributed by atoms with Gasteiger partial charge in [0.25, 0.3) is 0 Å². The maximum atomic E-state index is 5.10. The van der Waals surface area contributed by atoms with Gasteiger partial charge in [0.05, 0.1) is 33.5 Å². The minimum atomic E-state index is 0.532. The average molecular weight is 792 g/mol. The maximum absolute atomic E-state index is 5.10.